The van der Waals surface area contributed by atoms with Crippen LogP contribution in [0.2, 0.25) is 0 Å². The second-order valence-electron chi connectivity index (χ2n) is 6.19. The van der Waals surface area contributed by atoms with Gasteiger partial charge in [-0.05, 0) is 41.3 Å². The van der Waals surface area contributed by atoms with E-state index < -0.39 is 6.09 Å². The van der Waals surface area contributed by atoms with E-state index in [0.717, 1.165) is 16.7 Å². The van der Waals surface area contributed by atoms with Crippen LogP contribution >= 0.6 is 0 Å². The zero-order chi connectivity index (χ0) is 18.9. The number of anilines is 1. The summed E-state index contributed by atoms with van der Waals surface area (Å²) in [5.74, 6) is 0. The van der Waals surface area contributed by atoms with Gasteiger partial charge < -0.3 is 4.74 Å². The smallest absolute Gasteiger partial charge is 0.412 e. The average molecular weight is 357 g/mol. The van der Waals surface area contributed by atoms with Gasteiger partial charge in [0.15, 0.2) is 0 Å². The fourth-order valence-corrected chi connectivity index (χ4v) is 2.70. The fourth-order valence-electron chi connectivity index (χ4n) is 2.70. The Labute approximate surface area is 160 Å². The van der Waals surface area contributed by atoms with Crippen molar-refractivity contribution in [3.8, 4) is 11.1 Å². The molecule has 0 saturated carbocycles. The maximum Gasteiger partial charge on any atom is 0.412 e. The molecule has 1 amide bonds. The largest absolute Gasteiger partial charge is 0.442 e. The molecule has 0 bridgehead atoms. The van der Waals surface area contributed by atoms with E-state index >= 15 is 0 Å². The molecule has 0 fully saturated rings. The Morgan fingerprint density at radius 3 is 2.11 bits per heavy atom. The first kappa shape index (κ1) is 18.5. The van der Waals surface area contributed by atoms with Gasteiger partial charge in [-0.3, -0.25) is 5.32 Å². The number of nitrogens with one attached hydrogen (secondary N) is 1. The van der Waals surface area contributed by atoms with E-state index in [1.165, 1.54) is 0 Å². The van der Waals surface area contributed by atoms with Crippen LogP contribution in [-0.2, 0) is 4.74 Å². The highest BCUT2D eigenvalue weighted by molar-refractivity contribution is 5.85. The van der Waals surface area contributed by atoms with E-state index in [1.807, 2.05) is 91.9 Å². The summed E-state index contributed by atoms with van der Waals surface area (Å²) in [4.78, 5) is 12.2. The van der Waals surface area contributed by atoms with Crippen LogP contribution in [0.4, 0.5) is 10.5 Å². The van der Waals surface area contributed by atoms with Crippen molar-refractivity contribution in [2.24, 2.45) is 0 Å². The summed E-state index contributed by atoms with van der Waals surface area (Å²) in [6.07, 6.45) is 3.87. The molecule has 0 radical (unpaired) electrons. The monoisotopic (exact) mass is 357 g/mol. The number of rotatable bonds is 6. The van der Waals surface area contributed by atoms with Crippen LogP contribution < -0.4 is 5.32 Å². The van der Waals surface area contributed by atoms with Gasteiger partial charge in [0.1, 0.15) is 6.10 Å². The minimum atomic E-state index is -0.452. The first-order valence-corrected chi connectivity index (χ1v) is 9.11. The van der Waals surface area contributed by atoms with Crippen LogP contribution in [0.3, 0.4) is 0 Å². The molecule has 0 aromatic heterocycles. The van der Waals surface area contributed by atoms with Crippen LogP contribution in [0.5, 0.6) is 0 Å². The Balaban J connectivity index is 1.57. The number of amides is 1. The van der Waals surface area contributed by atoms with Gasteiger partial charge in [-0.2, -0.15) is 0 Å². The van der Waals surface area contributed by atoms with Crippen molar-refractivity contribution in [1.82, 2.24) is 0 Å². The van der Waals surface area contributed by atoms with E-state index in [-0.39, 0.29) is 6.10 Å². The van der Waals surface area contributed by atoms with E-state index in [4.69, 9.17) is 4.74 Å². The Bertz CT molecular complexity index is 871. The molecule has 3 aromatic carbocycles. The summed E-state index contributed by atoms with van der Waals surface area (Å²) in [6, 6.07) is 27.8. The number of hydrogen-bond donors (Lipinski definition) is 1. The molecule has 0 aliphatic rings. The van der Waals surface area contributed by atoms with Gasteiger partial charge in [-0.25, -0.2) is 4.79 Å². The van der Waals surface area contributed by atoms with E-state index in [9.17, 15) is 4.79 Å². The van der Waals surface area contributed by atoms with Crippen LogP contribution in [0.25, 0.3) is 17.2 Å². The lowest BCUT2D eigenvalue weighted by molar-refractivity contribution is 0.132. The highest BCUT2D eigenvalue weighted by atomic mass is 16.6. The zero-order valence-electron chi connectivity index (χ0n) is 15.3. The van der Waals surface area contributed by atoms with E-state index in [2.05, 4.69) is 17.4 Å². The van der Waals surface area contributed by atoms with Gasteiger partial charge in [-0.1, -0.05) is 85.8 Å². The Morgan fingerprint density at radius 2 is 1.48 bits per heavy atom. The third-order valence-corrected chi connectivity index (χ3v) is 4.20. The van der Waals surface area contributed by atoms with Crippen molar-refractivity contribution < 1.29 is 9.53 Å². The van der Waals surface area contributed by atoms with Gasteiger partial charge in [0.25, 0.3) is 0 Å². The minimum Gasteiger partial charge on any atom is -0.442 e. The molecule has 1 N–H and O–H groups in total. The quantitative estimate of drug-likeness (QED) is 0.555. The molecule has 3 rings (SSSR count). The molecule has 0 saturated heterocycles. The topological polar surface area (TPSA) is 38.3 Å². The second-order valence-corrected chi connectivity index (χ2v) is 6.19. The van der Waals surface area contributed by atoms with Crippen LogP contribution in [-0.4, -0.2) is 12.2 Å². The summed E-state index contributed by atoms with van der Waals surface area (Å²) in [5.41, 5.74) is 4.04. The molecule has 3 aromatic rings. The van der Waals surface area contributed by atoms with Crippen molar-refractivity contribution in [2.45, 2.75) is 19.4 Å². The maximum absolute atomic E-state index is 12.2. The first-order valence-electron chi connectivity index (χ1n) is 9.11. The third-order valence-electron chi connectivity index (χ3n) is 4.20. The Hall–Kier alpha value is -3.33. The minimum absolute atomic E-state index is 0.270. The number of carbonyl (C=O) groups is 1. The number of hydrogen-bond acceptors (Lipinski definition) is 2. The molecule has 0 heterocycles. The lowest BCUT2D eigenvalue weighted by atomic mass is 10.1. The molecular formula is C24H23NO2. The number of carbonyl (C=O) groups excluding carboxylic acids is 1. The summed E-state index contributed by atoms with van der Waals surface area (Å²) in [6.45, 7) is 1.99. The van der Waals surface area contributed by atoms with Crippen molar-refractivity contribution in [1.29, 1.82) is 0 Å². The van der Waals surface area contributed by atoms with Crippen LogP contribution in [0.15, 0.2) is 91.0 Å². The zero-order valence-corrected chi connectivity index (χ0v) is 15.3. The van der Waals surface area contributed by atoms with Gasteiger partial charge >= 0.3 is 6.09 Å². The maximum atomic E-state index is 12.2. The molecule has 3 nitrogen and oxygen atoms in total. The molecule has 1 atom stereocenters. The number of benzene rings is 3. The van der Waals surface area contributed by atoms with Crippen molar-refractivity contribution in [3.63, 3.8) is 0 Å². The lowest BCUT2D eigenvalue weighted by Gasteiger charge is -2.13. The summed E-state index contributed by atoms with van der Waals surface area (Å²) >= 11 is 0. The molecule has 3 heteroatoms. The van der Waals surface area contributed by atoms with E-state index in [1.54, 1.807) is 0 Å². The van der Waals surface area contributed by atoms with Gasteiger partial charge in [0.2, 0.25) is 0 Å². The van der Waals surface area contributed by atoms with Crippen LogP contribution in [0, 0.1) is 0 Å². The first-order chi connectivity index (χ1) is 13.2. The van der Waals surface area contributed by atoms with Crippen molar-refractivity contribution in [3.05, 3.63) is 96.6 Å². The highest BCUT2D eigenvalue weighted by Gasteiger charge is 2.10. The molecule has 136 valence electrons. The fraction of sp³-hybridized carbons (Fsp3) is 0.125. The molecule has 27 heavy (non-hydrogen) atoms. The summed E-state index contributed by atoms with van der Waals surface area (Å²) in [5, 5.41) is 2.79. The predicted octanol–water partition coefficient (Wildman–Crippen LogP) is 6.39. The molecule has 0 aliphatic heterocycles. The van der Waals surface area contributed by atoms with Gasteiger partial charge in [0, 0.05) is 5.69 Å². The average Bonchev–Trinajstić information content (AvgIpc) is 2.73. The summed E-state index contributed by atoms with van der Waals surface area (Å²) < 4.78 is 5.50. The molecule has 0 aliphatic carbocycles. The Morgan fingerprint density at radius 1 is 0.889 bits per heavy atom. The highest BCUT2D eigenvalue weighted by Crippen LogP contribution is 2.21. The standard InChI is InChI=1S/C24H23NO2/c1-2-23(18-13-19-9-5-3-6-10-19)27-24(26)25-22-16-14-21(15-17-22)20-11-7-4-8-12-20/h3-18,23H,2H2,1H3,(H,25,26)/b18-13+/t23-/m1/s1. The van der Waals surface area contributed by atoms with Gasteiger partial charge in [-0.15, -0.1) is 0 Å². The van der Waals surface area contributed by atoms with Crippen LogP contribution in [0.1, 0.15) is 18.9 Å². The SMILES string of the molecule is CC[C@H](/C=C/c1ccccc1)OC(=O)Nc1ccc(-c2ccccc2)cc1. The second kappa shape index (κ2) is 9.39. The molecule has 0 spiro atoms. The normalized spacial score (nSPS) is 11.9. The van der Waals surface area contributed by atoms with Crippen molar-refractivity contribution in [2.75, 3.05) is 5.32 Å². The van der Waals surface area contributed by atoms with E-state index in [0.29, 0.717) is 12.1 Å². The Kier molecular flexibility index (Phi) is 6.42. The number of ether oxygens (including phenoxy) is 1. The van der Waals surface area contributed by atoms with Crippen molar-refractivity contribution >= 4 is 17.9 Å². The molecular weight excluding hydrogens is 334 g/mol. The summed E-state index contributed by atoms with van der Waals surface area (Å²) in [7, 11) is 0. The third kappa shape index (κ3) is 5.58. The predicted molar refractivity (Wildman–Crippen MR) is 112 cm³/mol. The van der Waals surface area contributed by atoms with Gasteiger partial charge in [0.05, 0.1) is 0 Å². The lowest BCUT2D eigenvalue weighted by Crippen LogP contribution is -2.20. The molecule has 0 unspecified atom stereocenters.